The van der Waals surface area contributed by atoms with Crippen molar-refractivity contribution in [3.8, 4) is 11.5 Å². The number of nitro groups is 1. The normalized spacial score (nSPS) is 10.6. The van der Waals surface area contributed by atoms with Crippen LogP contribution >= 0.6 is 0 Å². The molecule has 0 fully saturated rings. The van der Waals surface area contributed by atoms with Crippen molar-refractivity contribution in [3.63, 3.8) is 0 Å². The van der Waals surface area contributed by atoms with Gasteiger partial charge < -0.3 is 9.84 Å². The zero-order chi connectivity index (χ0) is 18.2. The van der Waals surface area contributed by atoms with Gasteiger partial charge in [0.05, 0.1) is 11.1 Å². The highest BCUT2D eigenvalue weighted by Gasteiger charge is 2.12. The van der Waals surface area contributed by atoms with Gasteiger partial charge in [-0.15, -0.1) is 0 Å². The van der Waals surface area contributed by atoms with Gasteiger partial charge in [0.1, 0.15) is 5.75 Å². The number of aryl methyl sites for hydroxylation is 1. The molecule has 8 nitrogen and oxygen atoms in total. The van der Waals surface area contributed by atoms with E-state index in [1.807, 2.05) is 19.1 Å². The Kier molecular flexibility index (Phi) is 6.05. The van der Waals surface area contributed by atoms with E-state index in [-0.39, 0.29) is 6.61 Å². The number of nitro benzene ring substituents is 1. The van der Waals surface area contributed by atoms with Crippen LogP contribution in [0.5, 0.6) is 11.5 Å². The molecular weight excluding hydrogens is 326 g/mol. The molecule has 25 heavy (non-hydrogen) atoms. The van der Waals surface area contributed by atoms with Crippen LogP contribution in [0.2, 0.25) is 0 Å². The lowest BCUT2D eigenvalue weighted by molar-refractivity contribution is -0.385. The van der Waals surface area contributed by atoms with E-state index in [0.717, 1.165) is 12.5 Å². The van der Waals surface area contributed by atoms with Gasteiger partial charge in [0, 0.05) is 11.6 Å². The second kappa shape index (κ2) is 8.44. The van der Waals surface area contributed by atoms with Crippen molar-refractivity contribution < 1.29 is 19.6 Å². The minimum Gasteiger partial charge on any atom is -0.502 e. The fourth-order valence-corrected chi connectivity index (χ4v) is 1.95. The van der Waals surface area contributed by atoms with Gasteiger partial charge in [-0.25, -0.2) is 5.43 Å². The largest absolute Gasteiger partial charge is 0.502 e. The minimum absolute atomic E-state index is 0.210. The van der Waals surface area contributed by atoms with E-state index >= 15 is 0 Å². The first-order chi connectivity index (χ1) is 12.0. The number of aromatic hydroxyl groups is 1. The Morgan fingerprint density at radius 2 is 2.04 bits per heavy atom. The van der Waals surface area contributed by atoms with Gasteiger partial charge in [0.25, 0.3) is 5.91 Å². The van der Waals surface area contributed by atoms with Gasteiger partial charge in [-0.1, -0.05) is 19.1 Å². The minimum atomic E-state index is -0.705. The Balaban J connectivity index is 1.85. The molecule has 0 aliphatic heterocycles. The second-order valence-corrected chi connectivity index (χ2v) is 5.08. The number of hydrazone groups is 1. The summed E-state index contributed by atoms with van der Waals surface area (Å²) in [7, 11) is 0. The van der Waals surface area contributed by atoms with E-state index in [2.05, 4.69) is 10.5 Å². The standard InChI is InChI=1S/C17H17N3O5/c1-2-12-3-6-14(7-4-12)25-11-17(22)19-18-10-13-5-8-16(21)15(9-13)20(23)24/h3-10,21H,2,11H2,1H3,(H,19,22)/b18-10+. The van der Waals surface area contributed by atoms with Crippen molar-refractivity contribution in [1.82, 2.24) is 5.43 Å². The van der Waals surface area contributed by atoms with Crippen molar-refractivity contribution in [2.24, 2.45) is 5.10 Å². The Bertz CT molecular complexity index is 787. The van der Waals surface area contributed by atoms with Crippen LogP contribution in [0.4, 0.5) is 5.69 Å². The summed E-state index contributed by atoms with van der Waals surface area (Å²) in [4.78, 5) is 21.7. The summed E-state index contributed by atoms with van der Waals surface area (Å²) >= 11 is 0. The number of hydrogen-bond donors (Lipinski definition) is 2. The third kappa shape index (κ3) is 5.31. The molecule has 0 heterocycles. The SMILES string of the molecule is CCc1ccc(OCC(=O)N/N=C/c2ccc(O)c([N+](=O)[O-])c2)cc1. The number of ether oxygens (including phenoxy) is 1. The van der Waals surface area contributed by atoms with Gasteiger partial charge in [-0.05, 0) is 36.2 Å². The molecule has 2 rings (SSSR count). The highest BCUT2D eigenvalue weighted by atomic mass is 16.6. The van der Waals surface area contributed by atoms with Crippen molar-refractivity contribution in [3.05, 3.63) is 63.7 Å². The van der Waals surface area contributed by atoms with Crippen LogP contribution in [0.3, 0.4) is 0 Å². The quantitative estimate of drug-likeness (QED) is 0.455. The monoisotopic (exact) mass is 343 g/mol. The third-order valence-corrected chi connectivity index (χ3v) is 3.30. The number of benzene rings is 2. The summed E-state index contributed by atoms with van der Waals surface area (Å²) < 4.78 is 5.33. The zero-order valence-corrected chi connectivity index (χ0v) is 13.5. The van der Waals surface area contributed by atoms with Crippen LogP contribution in [0.15, 0.2) is 47.6 Å². The number of carbonyl (C=O) groups excluding carboxylic acids is 1. The molecule has 0 aromatic heterocycles. The molecule has 0 spiro atoms. The summed E-state index contributed by atoms with van der Waals surface area (Å²) in [6.07, 6.45) is 2.16. The summed E-state index contributed by atoms with van der Waals surface area (Å²) in [5.74, 6) is -0.330. The van der Waals surface area contributed by atoms with Crippen molar-refractivity contribution in [1.29, 1.82) is 0 Å². The topological polar surface area (TPSA) is 114 Å². The van der Waals surface area contributed by atoms with E-state index in [0.29, 0.717) is 11.3 Å². The van der Waals surface area contributed by atoms with Crippen molar-refractivity contribution >= 4 is 17.8 Å². The number of amides is 1. The Morgan fingerprint density at radius 1 is 1.32 bits per heavy atom. The van der Waals surface area contributed by atoms with Gasteiger partial charge >= 0.3 is 5.69 Å². The number of hydrogen-bond acceptors (Lipinski definition) is 6. The Hall–Kier alpha value is -3.42. The van der Waals surface area contributed by atoms with Gasteiger partial charge in [0.15, 0.2) is 12.4 Å². The van der Waals surface area contributed by atoms with Crippen LogP contribution in [-0.2, 0) is 11.2 Å². The highest BCUT2D eigenvalue weighted by molar-refractivity contribution is 5.84. The second-order valence-electron chi connectivity index (χ2n) is 5.08. The lowest BCUT2D eigenvalue weighted by Crippen LogP contribution is -2.24. The van der Waals surface area contributed by atoms with Crippen LogP contribution in [0, 0.1) is 10.1 Å². The fraction of sp³-hybridized carbons (Fsp3) is 0.176. The average Bonchev–Trinajstić information content (AvgIpc) is 2.61. The summed E-state index contributed by atoms with van der Waals surface area (Å²) in [5.41, 5.74) is 3.36. The molecule has 0 atom stereocenters. The number of nitrogens with one attached hydrogen (secondary N) is 1. The maximum absolute atomic E-state index is 11.7. The molecule has 2 aromatic carbocycles. The molecule has 0 radical (unpaired) electrons. The van der Waals surface area contributed by atoms with Crippen LogP contribution < -0.4 is 10.2 Å². The zero-order valence-electron chi connectivity index (χ0n) is 13.5. The van der Waals surface area contributed by atoms with Crippen molar-refractivity contribution in [2.75, 3.05) is 6.61 Å². The lowest BCUT2D eigenvalue weighted by atomic mass is 10.2. The number of phenols is 1. The molecule has 0 unspecified atom stereocenters. The molecule has 130 valence electrons. The van der Waals surface area contributed by atoms with Crippen molar-refractivity contribution in [2.45, 2.75) is 13.3 Å². The maximum atomic E-state index is 11.7. The van der Waals surface area contributed by atoms with Gasteiger partial charge in [-0.3, -0.25) is 14.9 Å². The predicted octanol–water partition coefficient (Wildman–Crippen LogP) is 2.39. The van der Waals surface area contributed by atoms with E-state index in [1.165, 1.54) is 23.9 Å². The highest BCUT2D eigenvalue weighted by Crippen LogP contribution is 2.25. The number of carbonyl (C=O) groups is 1. The van der Waals surface area contributed by atoms with E-state index in [9.17, 15) is 20.0 Å². The molecule has 0 aliphatic carbocycles. The van der Waals surface area contributed by atoms with Crippen LogP contribution in [0.1, 0.15) is 18.1 Å². The smallest absolute Gasteiger partial charge is 0.311 e. The first-order valence-corrected chi connectivity index (χ1v) is 7.50. The van der Waals surface area contributed by atoms with E-state index < -0.39 is 22.3 Å². The molecule has 0 saturated carbocycles. The number of nitrogens with zero attached hydrogens (tertiary/aromatic N) is 2. The molecule has 1 amide bonds. The van der Waals surface area contributed by atoms with E-state index in [4.69, 9.17) is 4.74 Å². The van der Waals surface area contributed by atoms with E-state index in [1.54, 1.807) is 12.1 Å². The molecule has 0 bridgehead atoms. The Morgan fingerprint density at radius 3 is 2.68 bits per heavy atom. The average molecular weight is 343 g/mol. The molecule has 8 heteroatoms. The van der Waals surface area contributed by atoms with Crippen LogP contribution in [-0.4, -0.2) is 28.8 Å². The number of rotatable bonds is 7. The lowest BCUT2D eigenvalue weighted by Gasteiger charge is -2.05. The molecule has 0 aliphatic rings. The summed E-state index contributed by atoms with van der Waals surface area (Å²) in [5, 5.41) is 23.8. The third-order valence-electron chi connectivity index (χ3n) is 3.30. The fourth-order valence-electron chi connectivity index (χ4n) is 1.95. The molecular formula is C17H17N3O5. The van der Waals surface area contributed by atoms with Gasteiger partial charge in [0.2, 0.25) is 0 Å². The molecule has 2 N–H and O–H groups in total. The predicted molar refractivity (Wildman–Crippen MR) is 91.8 cm³/mol. The molecule has 0 saturated heterocycles. The molecule has 2 aromatic rings. The summed E-state index contributed by atoms with van der Waals surface area (Å²) in [6, 6.07) is 11.2. The maximum Gasteiger partial charge on any atom is 0.311 e. The Labute approximate surface area is 143 Å². The first kappa shape index (κ1) is 17.9. The first-order valence-electron chi connectivity index (χ1n) is 7.50. The summed E-state index contributed by atoms with van der Waals surface area (Å²) in [6.45, 7) is 1.84. The number of phenolic OH excluding ortho intramolecular Hbond substituents is 1. The van der Waals surface area contributed by atoms with Gasteiger partial charge in [-0.2, -0.15) is 5.10 Å². The van der Waals surface area contributed by atoms with Crippen LogP contribution in [0.25, 0.3) is 0 Å².